The second-order valence-corrected chi connectivity index (χ2v) is 9.00. The summed E-state index contributed by atoms with van der Waals surface area (Å²) in [7, 11) is -2.90. The van der Waals surface area contributed by atoms with Gasteiger partial charge in [0.05, 0.1) is 11.5 Å². The molecule has 1 atom stereocenters. The fourth-order valence-electron chi connectivity index (χ4n) is 3.43. The van der Waals surface area contributed by atoms with Gasteiger partial charge in [-0.05, 0) is 43.0 Å². The fourth-order valence-corrected chi connectivity index (χ4v) is 5.19. The molecule has 1 aromatic rings. The summed E-state index contributed by atoms with van der Waals surface area (Å²) >= 11 is 0. The average molecular weight is 496 g/mol. The maximum atomic E-state index is 13.0. The lowest BCUT2D eigenvalue weighted by molar-refractivity contribution is 0.379. The zero-order chi connectivity index (χ0) is 17.9. The lowest BCUT2D eigenvalue weighted by Gasteiger charge is -2.36. The first-order valence-electron chi connectivity index (χ1n) is 8.69. The van der Waals surface area contributed by atoms with Crippen molar-refractivity contribution in [2.45, 2.75) is 12.8 Å². The van der Waals surface area contributed by atoms with Crippen molar-refractivity contribution in [2.24, 2.45) is 16.6 Å². The van der Waals surface area contributed by atoms with Crippen molar-refractivity contribution >= 4 is 45.5 Å². The SMILES string of the molecule is I.NC(=NCC1CCCS(=O)(=O)C1)N1CCN(c2ccc(F)cc2)CC1. The van der Waals surface area contributed by atoms with Crippen LogP contribution < -0.4 is 10.6 Å². The van der Waals surface area contributed by atoms with E-state index in [0.29, 0.717) is 18.3 Å². The molecule has 2 saturated heterocycles. The Bertz CT molecular complexity index is 719. The Morgan fingerprint density at radius 3 is 2.46 bits per heavy atom. The van der Waals surface area contributed by atoms with Crippen LogP contribution >= 0.6 is 24.0 Å². The molecule has 1 aromatic carbocycles. The van der Waals surface area contributed by atoms with Crippen molar-refractivity contribution in [1.29, 1.82) is 0 Å². The van der Waals surface area contributed by atoms with Gasteiger partial charge in [0.2, 0.25) is 0 Å². The lowest BCUT2D eigenvalue weighted by atomic mass is 10.1. The van der Waals surface area contributed by atoms with Crippen molar-refractivity contribution in [3.05, 3.63) is 30.1 Å². The van der Waals surface area contributed by atoms with Crippen molar-refractivity contribution < 1.29 is 12.8 Å². The molecule has 0 aromatic heterocycles. The number of benzene rings is 1. The number of guanidine groups is 1. The molecule has 2 aliphatic heterocycles. The standard InChI is InChI=1S/C17H25FN4O2S.HI/c18-15-3-5-16(6-4-15)21-7-9-22(10-8-21)17(19)20-12-14-2-1-11-25(23,24)13-14;/h3-6,14H,1-2,7-13H2,(H2,19,20);1H. The van der Waals surface area contributed by atoms with Crippen LogP contribution in [-0.2, 0) is 9.84 Å². The number of anilines is 1. The molecule has 9 heteroatoms. The molecule has 0 spiro atoms. The fraction of sp³-hybridized carbons (Fsp3) is 0.588. The van der Waals surface area contributed by atoms with Gasteiger partial charge in [-0.3, -0.25) is 4.99 Å². The van der Waals surface area contributed by atoms with Crippen molar-refractivity contribution in [3.63, 3.8) is 0 Å². The second-order valence-electron chi connectivity index (χ2n) is 6.77. The topological polar surface area (TPSA) is 79.0 Å². The van der Waals surface area contributed by atoms with Crippen LogP contribution in [0.3, 0.4) is 0 Å². The van der Waals surface area contributed by atoms with E-state index in [4.69, 9.17) is 5.73 Å². The predicted molar refractivity (Wildman–Crippen MR) is 113 cm³/mol. The summed E-state index contributed by atoms with van der Waals surface area (Å²) in [6, 6.07) is 6.50. The van der Waals surface area contributed by atoms with Gasteiger partial charge in [-0.15, -0.1) is 24.0 Å². The van der Waals surface area contributed by atoms with E-state index in [1.807, 2.05) is 4.90 Å². The van der Waals surface area contributed by atoms with Crippen LogP contribution in [0.25, 0.3) is 0 Å². The van der Waals surface area contributed by atoms with Crippen molar-refractivity contribution in [3.8, 4) is 0 Å². The van der Waals surface area contributed by atoms with Gasteiger partial charge in [0.25, 0.3) is 0 Å². The molecule has 2 aliphatic rings. The Labute approximate surface area is 171 Å². The van der Waals surface area contributed by atoms with Crippen LogP contribution in [-0.4, -0.2) is 63.5 Å². The van der Waals surface area contributed by atoms with Crippen LogP contribution in [0.2, 0.25) is 0 Å². The summed E-state index contributed by atoms with van der Waals surface area (Å²) in [5, 5.41) is 0. The van der Waals surface area contributed by atoms with E-state index in [2.05, 4.69) is 9.89 Å². The molecule has 2 heterocycles. The molecule has 0 bridgehead atoms. The van der Waals surface area contributed by atoms with E-state index in [-0.39, 0.29) is 41.5 Å². The summed E-state index contributed by atoms with van der Waals surface area (Å²) in [5.41, 5.74) is 7.10. The first-order valence-corrected chi connectivity index (χ1v) is 10.5. The molecule has 146 valence electrons. The van der Waals surface area contributed by atoms with Crippen LogP contribution in [0.1, 0.15) is 12.8 Å². The predicted octanol–water partition coefficient (Wildman–Crippen LogP) is 1.71. The minimum atomic E-state index is -2.90. The molecule has 2 fully saturated rings. The third-order valence-electron chi connectivity index (χ3n) is 4.86. The van der Waals surface area contributed by atoms with E-state index < -0.39 is 9.84 Å². The molecule has 26 heavy (non-hydrogen) atoms. The lowest BCUT2D eigenvalue weighted by Crippen LogP contribution is -2.51. The largest absolute Gasteiger partial charge is 0.370 e. The molecule has 0 aliphatic carbocycles. The summed E-state index contributed by atoms with van der Waals surface area (Å²) in [6.07, 6.45) is 1.62. The third kappa shape index (κ3) is 5.70. The minimum Gasteiger partial charge on any atom is -0.370 e. The number of nitrogens with two attached hydrogens (primary N) is 1. The molecule has 3 rings (SSSR count). The third-order valence-corrected chi connectivity index (χ3v) is 6.75. The molecule has 0 radical (unpaired) electrons. The summed E-state index contributed by atoms with van der Waals surface area (Å²) < 4.78 is 36.4. The Kier molecular flexibility index (Phi) is 7.51. The van der Waals surface area contributed by atoms with Crippen LogP contribution in [0.15, 0.2) is 29.3 Å². The number of aliphatic imine (C=N–C) groups is 1. The van der Waals surface area contributed by atoms with E-state index in [9.17, 15) is 12.8 Å². The van der Waals surface area contributed by atoms with Crippen molar-refractivity contribution in [1.82, 2.24) is 4.90 Å². The molecule has 0 saturated carbocycles. The van der Waals surface area contributed by atoms with Gasteiger partial charge < -0.3 is 15.5 Å². The number of halogens is 2. The van der Waals surface area contributed by atoms with Gasteiger partial charge in [-0.25, -0.2) is 12.8 Å². The number of piperazine rings is 1. The Hall–Kier alpha value is -1.10. The van der Waals surface area contributed by atoms with Gasteiger partial charge in [-0.1, -0.05) is 0 Å². The summed E-state index contributed by atoms with van der Waals surface area (Å²) in [5.74, 6) is 0.860. The van der Waals surface area contributed by atoms with Crippen LogP contribution in [0.4, 0.5) is 10.1 Å². The van der Waals surface area contributed by atoms with E-state index >= 15 is 0 Å². The van der Waals surface area contributed by atoms with Gasteiger partial charge in [0.1, 0.15) is 5.82 Å². The van der Waals surface area contributed by atoms with E-state index in [1.54, 1.807) is 12.1 Å². The highest BCUT2D eigenvalue weighted by atomic mass is 127. The average Bonchev–Trinajstić information content (AvgIpc) is 2.60. The zero-order valence-electron chi connectivity index (χ0n) is 14.7. The smallest absolute Gasteiger partial charge is 0.191 e. The first kappa shape index (κ1) is 21.2. The molecule has 2 N–H and O–H groups in total. The molecular weight excluding hydrogens is 470 g/mol. The monoisotopic (exact) mass is 496 g/mol. The molecule has 1 unspecified atom stereocenters. The Morgan fingerprint density at radius 2 is 1.85 bits per heavy atom. The van der Waals surface area contributed by atoms with E-state index in [0.717, 1.165) is 44.7 Å². The highest BCUT2D eigenvalue weighted by molar-refractivity contribution is 14.0. The van der Waals surface area contributed by atoms with Crippen molar-refractivity contribution in [2.75, 3.05) is 49.1 Å². The quantitative estimate of drug-likeness (QED) is 0.392. The Morgan fingerprint density at radius 1 is 1.19 bits per heavy atom. The molecular formula is C17H26FIN4O2S. The number of sulfone groups is 1. The molecule has 6 nitrogen and oxygen atoms in total. The van der Waals surface area contributed by atoms with Gasteiger partial charge in [-0.2, -0.15) is 0 Å². The minimum absolute atomic E-state index is 0. The number of nitrogens with zero attached hydrogens (tertiary/aromatic N) is 3. The Balaban J connectivity index is 0.00000243. The van der Waals surface area contributed by atoms with Gasteiger partial charge in [0, 0.05) is 38.4 Å². The zero-order valence-corrected chi connectivity index (χ0v) is 17.8. The first-order chi connectivity index (χ1) is 11.9. The van der Waals surface area contributed by atoms with Gasteiger partial charge >= 0.3 is 0 Å². The summed E-state index contributed by atoms with van der Waals surface area (Å²) in [6.45, 7) is 3.55. The second kappa shape index (κ2) is 9.20. The number of hydrogen-bond acceptors (Lipinski definition) is 4. The van der Waals surface area contributed by atoms with E-state index in [1.165, 1.54) is 12.1 Å². The normalized spacial score (nSPS) is 23.4. The van der Waals surface area contributed by atoms with Crippen LogP contribution in [0.5, 0.6) is 0 Å². The highest BCUT2D eigenvalue weighted by Gasteiger charge is 2.25. The number of rotatable bonds is 3. The maximum absolute atomic E-state index is 13.0. The molecule has 0 amide bonds. The maximum Gasteiger partial charge on any atom is 0.191 e. The number of hydrogen-bond donors (Lipinski definition) is 1. The summed E-state index contributed by atoms with van der Waals surface area (Å²) in [4.78, 5) is 8.65. The van der Waals surface area contributed by atoms with Crippen LogP contribution in [0, 0.1) is 11.7 Å². The highest BCUT2D eigenvalue weighted by Crippen LogP contribution is 2.19. The van der Waals surface area contributed by atoms with Gasteiger partial charge in [0.15, 0.2) is 15.8 Å².